The van der Waals surface area contributed by atoms with Gasteiger partial charge in [-0.15, -0.1) is 0 Å². The molecule has 6 heterocycles. The molecule has 3 saturated heterocycles. The van der Waals surface area contributed by atoms with Crippen LogP contribution in [-0.4, -0.2) is 103 Å². The molecule has 7 aromatic rings. The molecule has 3 aliphatic rings. The van der Waals surface area contributed by atoms with Crippen LogP contribution in [0.25, 0.3) is 44.8 Å². The Morgan fingerprint density at radius 1 is 0.759 bits per heavy atom. The Hall–Kier alpha value is -6.11. The van der Waals surface area contributed by atoms with Gasteiger partial charge in [-0.2, -0.15) is 0 Å². The molecule has 3 aromatic heterocycles. The van der Waals surface area contributed by atoms with E-state index >= 15 is 0 Å². The molecular formula is C46H47N9O3. The van der Waals surface area contributed by atoms with Crippen LogP contribution in [0.15, 0.2) is 108 Å². The number of carbonyl (C=O) groups is 2. The molecule has 10 rings (SSSR count). The Balaban J connectivity index is 0.886. The standard InChI is InChI=1S/C46H47N9O3/c1-52-23-25-53(26-24-52)42(31-13-6-3-7-14-31)46(57)55-22-10-18-38(55)43-48-34-20-19-32(28-36(34)50-43)39-29-47-45(58-39)33-15-8-16-35-41(33)51-44(49-35)37-17-9-21-54(37)40(56)27-30-11-4-2-5-12-30/h2-8,11-16,19-20,28-29,37-38,42H,9-10,17-18,21-27H2,1H3,(H,48,50)(H,49,51)/t37-,38-,42+/m0/s1. The second-order valence-corrected chi connectivity index (χ2v) is 16.0. The maximum absolute atomic E-state index is 14.5. The molecule has 0 saturated carbocycles. The van der Waals surface area contributed by atoms with E-state index in [-0.39, 0.29) is 29.9 Å². The average molecular weight is 774 g/mol. The number of likely N-dealkylation sites (N-methyl/N-ethyl adjacent to an activating group) is 1. The zero-order chi connectivity index (χ0) is 39.2. The molecule has 58 heavy (non-hydrogen) atoms. The van der Waals surface area contributed by atoms with Gasteiger partial charge in [-0.3, -0.25) is 14.5 Å². The van der Waals surface area contributed by atoms with Crippen molar-refractivity contribution in [3.05, 3.63) is 126 Å². The van der Waals surface area contributed by atoms with Gasteiger partial charge in [-0.05, 0) is 74.2 Å². The minimum atomic E-state index is -0.322. The lowest BCUT2D eigenvalue weighted by atomic mass is 10.0. The van der Waals surface area contributed by atoms with E-state index in [4.69, 9.17) is 19.4 Å². The van der Waals surface area contributed by atoms with Crippen molar-refractivity contribution in [1.82, 2.24) is 44.5 Å². The lowest BCUT2D eigenvalue weighted by Gasteiger charge is -2.39. The van der Waals surface area contributed by atoms with Gasteiger partial charge in [0.1, 0.15) is 23.2 Å². The zero-order valence-corrected chi connectivity index (χ0v) is 32.7. The fourth-order valence-corrected chi connectivity index (χ4v) is 9.17. The molecule has 0 unspecified atom stereocenters. The van der Waals surface area contributed by atoms with Crippen molar-refractivity contribution in [2.45, 2.75) is 50.2 Å². The number of rotatable bonds is 9. The number of fused-ring (bicyclic) bond motifs is 2. The van der Waals surface area contributed by atoms with Crippen molar-refractivity contribution in [3.63, 3.8) is 0 Å². The highest BCUT2D eigenvalue weighted by Gasteiger charge is 2.39. The van der Waals surface area contributed by atoms with Crippen LogP contribution in [-0.2, 0) is 16.0 Å². The number of benzene rings is 4. The van der Waals surface area contributed by atoms with Crippen molar-refractivity contribution in [3.8, 4) is 22.8 Å². The molecule has 4 aromatic carbocycles. The van der Waals surface area contributed by atoms with Crippen molar-refractivity contribution < 1.29 is 14.0 Å². The molecule has 0 aliphatic carbocycles. The van der Waals surface area contributed by atoms with E-state index in [1.807, 2.05) is 94.7 Å². The number of nitrogens with zero attached hydrogens (tertiary/aromatic N) is 7. The Kier molecular flexibility index (Phi) is 9.58. The summed E-state index contributed by atoms with van der Waals surface area (Å²) in [6, 6.07) is 31.5. The summed E-state index contributed by atoms with van der Waals surface area (Å²) >= 11 is 0. The van der Waals surface area contributed by atoms with Crippen LogP contribution in [0.2, 0.25) is 0 Å². The average Bonchev–Trinajstić information content (AvgIpc) is 4.10. The predicted octanol–water partition coefficient (Wildman–Crippen LogP) is 7.32. The molecule has 0 radical (unpaired) electrons. The first-order valence-corrected chi connectivity index (χ1v) is 20.5. The number of aromatic nitrogens is 5. The topological polar surface area (TPSA) is 130 Å². The van der Waals surface area contributed by atoms with Crippen molar-refractivity contribution in [1.29, 1.82) is 0 Å². The number of oxazole rings is 1. The Morgan fingerprint density at radius 3 is 2.26 bits per heavy atom. The minimum Gasteiger partial charge on any atom is -0.436 e. The second kappa shape index (κ2) is 15.3. The van der Waals surface area contributed by atoms with E-state index in [1.54, 1.807) is 6.20 Å². The number of para-hydroxylation sites is 1. The SMILES string of the molecule is CN1CCN([C@@H](C(=O)N2CCC[C@H]2c2nc3ccc(-c4cnc(-c5cccc6[nH]c([C@@H]7CCCN7C(=O)Cc7ccccc7)nc56)o4)cc3[nH]2)c2ccccc2)CC1. The van der Waals surface area contributed by atoms with Gasteiger partial charge in [0.15, 0.2) is 5.76 Å². The monoisotopic (exact) mass is 773 g/mol. The van der Waals surface area contributed by atoms with Gasteiger partial charge in [0.2, 0.25) is 17.7 Å². The van der Waals surface area contributed by atoms with Gasteiger partial charge in [0.05, 0.1) is 46.8 Å². The summed E-state index contributed by atoms with van der Waals surface area (Å²) in [6.45, 7) is 5.01. The largest absolute Gasteiger partial charge is 0.436 e. The van der Waals surface area contributed by atoms with Crippen LogP contribution < -0.4 is 0 Å². The van der Waals surface area contributed by atoms with Crippen LogP contribution in [0.4, 0.5) is 0 Å². The summed E-state index contributed by atoms with van der Waals surface area (Å²) in [5, 5.41) is 0. The lowest BCUT2D eigenvalue weighted by molar-refractivity contribution is -0.139. The quantitative estimate of drug-likeness (QED) is 0.156. The number of likely N-dealkylation sites (tertiary alicyclic amines) is 2. The van der Waals surface area contributed by atoms with E-state index in [0.29, 0.717) is 31.2 Å². The molecule has 3 atom stereocenters. The fourth-order valence-electron chi connectivity index (χ4n) is 9.17. The summed E-state index contributed by atoms with van der Waals surface area (Å²) in [5.41, 5.74) is 7.07. The van der Waals surface area contributed by atoms with Gasteiger partial charge in [0.25, 0.3) is 0 Å². The van der Waals surface area contributed by atoms with E-state index < -0.39 is 0 Å². The van der Waals surface area contributed by atoms with Gasteiger partial charge < -0.3 is 29.1 Å². The number of H-pyrrole nitrogens is 2. The number of amides is 2. The van der Waals surface area contributed by atoms with E-state index in [2.05, 4.69) is 38.9 Å². The highest BCUT2D eigenvalue weighted by atomic mass is 16.4. The number of aromatic amines is 2. The fraction of sp³-hybridized carbons (Fsp3) is 0.326. The van der Waals surface area contributed by atoms with Crippen LogP contribution >= 0.6 is 0 Å². The maximum Gasteiger partial charge on any atom is 0.245 e. The molecule has 294 valence electrons. The zero-order valence-electron chi connectivity index (χ0n) is 32.7. The summed E-state index contributed by atoms with van der Waals surface area (Å²) in [5.74, 6) is 2.95. The summed E-state index contributed by atoms with van der Waals surface area (Å²) in [7, 11) is 2.14. The smallest absolute Gasteiger partial charge is 0.245 e. The van der Waals surface area contributed by atoms with Crippen LogP contribution in [0.5, 0.6) is 0 Å². The summed E-state index contributed by atoms with van der Waals surface area (Å²) in [4.78, 5) is 58.5. The molecule has 2 N–H and O–H groups in total. The first-order chi connectivity index (χ1) is 28.5. The van der Waals surface area contributed by atoms with Gasteiger partial charge >= 0.3 is 0 Å². The normalized spacial score (nSPS) is 19.7. The van der Waals surface area contributed by atoms with Crippen molar-refractivity contribution in [2.24, 2.45) is 0 Å². The molecule has 3 fully saturated rings. The minimum absolute atomic E-state index is 0.111. The molecule has 0 bridgehead atoms. The molecule has 2 amide bonds. The van der Waals surface area contributed by atoms with E-state index in [0.717, 1.165) is 108 Å². The summed E-state index contributed by atoms with van der Waals surface area (Å²) in [6.07, 6.45) is 5.70. The molecular weight excluding hydrogens is 727 g/mol. The molecule has 3 aliphatic heterocycles. The van der Waals surface area contributed by atoms with E-state index in [9.17, 15) is 9.59 Å². The third kappa shape index (κ3) is 6.86. The summed E-state index contributed by atoms with van der Waals surface area (Å²) < 4.78 is 6.44. The number of imidazole rings is 2. The van der Waals surface area contributed by atoms with E-state index in [1.165, 1.54) is 0 Å². The molecule has 0 spiro atoms. The Bertz CT molecular complexity index is 2570. The lowest BCUT2D eigenvalue weighted by Crippen LogP contribution is -2.50. The predicted molar refractivity (Wildman–Crippen MR) is 222 cm³/mol. The number of carbonyl (C=O) groups excluding carboxylic acids is 2. The number of hydrogen-bond acceptors (Lipinski definition) is 8. The number of piperazine rings is 1. The highest BCUT2D eigenvalue weighted by molar-refractivity contribution is 5.90. The van der Waals surface area contributed by atoms with Crippen LogP contribution in [0.3, 0.4) is 0 Å². The van der Waals surface area contributed by atoms with Crippen LogP contribution in [0, 0.1) is 0 Å². The highest BCUT2D eigenvalue weighted by Crippen LogP contribution is 2.38. The number of hydrogen-bond donors (Lipinski definition) is 2. The molecule has 12 heteroatoms. The van der Waals surface area contributed by atoms with Gasteiger partial charge in [-0.1, -0.05) is 66.7 Å². The van der Waals surface area contributed by atoms with Crippen molar-refractivity contribution >= 4 is 33.9 Å². The number of nitrogens with one attached hydrogen (secondary N) is 2. The first kappa shape index (κ1) is 36.2. The van der Waals surface area contributed by atoms with Gasteiger partial charge in [0, 0.05) is 44.8 Å². The van der Waals surface area contributed by atoms with Crippen LogP contribution in [0.1, 0.15) is 66.6 Å². The third-order valence-corrected chi connectivity index (χ3v) is 12.2. The van der Waals surface area contributed by atoms with Gasteiger partial charge in [-0.25, -0.2) is 15.0 Å². The first-order valence-electron chi connectivity index (χ1n) is 20.5. The maximum atomic E-state index is 14.5. The Labute approximate surface area is 336 Å². The van der Waals surface area contributed by atoms with Crippen molar-refractivity contribution in [2.75, 3.05) is 46.3 Å². The second-order valence-electron chi connectivity index (χ2n) is 16.0. The Morgan fingerprint density at radius 2 is 1.47 bits per heavy atom. The molecule has 12 nitrogen and oxygen atoms in total. The third-order valence-electron chi connectivity index (χ3n) is 12.2.